The van der Waals surface area contributed by atoms with Crippen LogP contribution in [0.4, 0.5) is 0 Å². The zero-order valence-corrected chi connectivity index (χ0v) is 14.4. The van der Waals surface area contributed by atoms with Crippen LogP contribution in [0, 0.1) is 11.8 Å². The zero-order valence-electron chi connectivity index (χ0n) is 14.4. The largest absolute Gasteiger partial charge is 0.508 e. The third-order valence-corrected chi connectivity index (χ3v) is 4.65. The number of carbonyl (C=O) groups is 1. The van der Waals surface area contributed by atoms with E-state index in [4.69, 9.17) is 14.2 Å². The van der Waals surface area contributed by atoms with Crippen molar-refractivity contribution < 1.29 is 24.1 Å². The normalized spacial score (nSPS) is 19.5. The number of phenols is 1. The number of esters is 1. The summed E-state index contributed by atoms with van der Waals surface area (Å²) in [6.07, 6.45) is 1.34. The molecule has 0 unspecified atom stereocenters. The van der Waals surface area contributed by atoms with E-state index in [0.717, 1.165) is 17.5 Å². The van der Waals surface area contributed by atoms with E-state index in [9.17, 15) is 9.90 Å². The summed E-state index contributed by atoms with van der Waals surface area (Å²) in [5, 5.41) is 9.39. The van der Waals surface area contributed by atoms with Crippen LogP contribution in [0.1, 0.15) is 11.1 Å². The highest BCUT2D eigenvalue weighted by atomic mass is 16.5. The molecule has 1 aliphatic heterocycles. The minimum absolute atomic E-state index is 0.111. The SMILES string of the molecule is COc1ccc(C[C@@H]2COC(=O)[C@H]2Cc2ccc(O)cc2)cc1OC. The molecular formula is C20H22O5. The number of hydrogen-bond acceptors (Lipinski definition) is 5. The van der Waals surface area contributed by atoms with Gasteiger partial charge in [-0.05, 0) is 48.2 Å². The fourth-order valence-corrected chi connectivity index (χ4v) is 3.25. The Labute approximate surface area is 147 Å². The van der Waals surface area contributed by atoms with Crippen molar-refractivity contribution in [3.8, 4) is 17.2 Å². The predicted molar refractivity (Wildman–Crippen MR) is 93.0 cm³/mol. The summed E-state index contributed by atoms with van der Waals surface area (Å²) < 4.78 is 15.9. The quantitative estimate of drug-likeness (QED) is 0.818. The van der Waals surface area contributed by atoms with Gasteiger partial charge in [0.1, 0.15) is 5.75 Å². The molecule has 1 heterocycles. The van der Waals surface area contributed by atoms with E-state index in [0.29, 0.717) is 24.5 Å². The average molecular weight is 342 g/mol. The Bertz CT molecular complexity index is 738. The van der Waals surface area contributed by atoms with Crippen molar-refractivity contribution in [1.82, 2.24) is 0 Å². The number of aromatic hydroxyl groups is 1. The van der Waals surface area contributed by atoms with Gasteiger partial charge in [-0.25, -0.2) is 0 Å². The molecule has 132 valence electrons. The van der Waals surface area contributed by atoms with Gasteiger partial charge in [0.25, 0.3) is 0 Å². The van der Waals surface area contributed by atoms with Crippen molar-refractivity contribution in [3.63, 3.8) is 0 Å². The van der Waals surface area contributed by atoms with Crippen molar-refractivity contribution in [3.05, 3.63) is 53.6 Å². The molecule has 0 saturated carbocycles. The Morgan fingerprint density at radius 2 is 1.68 bits per heavy atom. The summed E-state index contributed by atoms with van der Waals surface area (Å²) in [5.41, 5.74) is 2.09. The van der Waals surface area contributed by atoms with Gasteiger partial charge >= 0.3 is 5.97 Å². The number of hydrogen-bond donors (Lipinski definition) is 1. The van der Waals surface area contributed by atoms with Crippen molar-refractivity contribution in [1.29, 1.82) is 0 Å². The van der Waals surface area contributed by atoms with E-state index in [2.05, 4.69) is 0 Å². The van der Waals surface area contributed by atoms with E-state index in [1.54, 1.807) is 26.4 Å². The molecule has 1 fully saturated rings. The monoisotopic (exact) mass is 342 g/mol. The third-order valence-electron chi connectivity index (χ3n) is 4.65. The number of methoxy groups -OCH3 is 2. The second kappa shape index (κ2) is 7.47. The van der Waals surface area contributed by atoms with E-state index in [1.807, 2.05) is 30.3 Å². The maximum Gasteiger partial charge on any atom is 0.309 e. The van der Waals surface area contributed by atoms with Crippen LogP contribution in [0.15, 0.2) is 42.5 Å². The number of benzene rings is 2. The molecule has 2 aromatic carbocycles. The van der Waals surface area contributed by atoms with E-state index < -0.39 is 0 Å². The summed E-state index contributed by atoms with van der Waals surface area (Å²) >= 11 is 0. The van der Waals surface area contributed by atoms with Crippen LogP contribution in [0.3, 0.4) is 0 Å². The first kappa shape index (κ1) is 17.1. The van der Waals surface area contributed by atoms with Gasteiger partial charge < -0.3 is 19.3 Å². The molecule has 3 rings (SSSR count). The average Bonchev–Trinajstić information content (AvgIpc) is 2.96. The minimum atomic E-state index is -0.183. The van der Waals surface area contributed by atoms with Crippen LogP contribution < -0.4 is 9.47 Å². The van der Waals surface area contributed by atoms with Crippen molar-refractivity contribution in [2.45, 2.75) is 12.8 Å². The van der Waals surface area contributed by atoms with Gasteiger partial charge in [0.05, 0.1) is 26.7 Å². The van der Waals surface area contributed by atoms with Gasteiger partial charge in [-0.3, -0.25) is 4.79 Å². The summed E-state index contributed by atoms with van der Waals surface area (Å²) in [6.45, 7) is 0.427. The van der Waals surface area contributed by atoms with Crippen molar-refractivity contribution in [2.24, 2.45) is 11.8 Å². The summed E-state index contributed by atoms with van der Waals surface area (Å²) in [4.78, 5) is 12.2. The maximum absolute atomic E-state index is 12.2. The van der Waals surface area contributed by atoms with Crippen molar-refractivity contribution in [2.75, 3.05) is 20.8 Å². The van der Waals surface area contributed by atoms with Gasteiger partial charge in [-0.2, -0.15) is 0 Å². The first-order chi connectivity index (χ1) is 12.1. The number of phenolic OH excluding ortho intramolecular Hbond substituents is 1. The van der Waals surface area contributed by atoms with Gasteiger partial charge in [-0.15, -0.1) is 0 Å². The Morgan fingerprint density at radius 1 is 1.00 bits per heavy atom. The predicted octanol–water partition coefficient (Wildman–Crippen LogP) is 2.98. The molecule has 2 atom stereocenters. The Hall–Kier alpha value is -2.69. The van der Waals surface area contributed by atoms with E-state index >= 15 is 0 Å². The lowest BCUT2D eigenvalue weighted by atomic mass is 9.85. The summed E-state index contributed by atoms with van der Waals surface area (Å²) in [6, 6.07) is 12.8. The van der Waals surface area contributed by atoms with Crippen molar-refractivity contribution >= 4 is 5.97 Å². The molecule has 0 amide bonds. The summed E-state index contributed by atoms with van der Waals surface area (Å²) in [7, 11) is 3.21. The zero-order chi connectivity index (χ0) is 17.8. The highest BCUT2D eigenvalue weighted by molar-refractivity contribution is 5.75. The second-order valence-corrected chi connectivity index (χ2v) is 6.26. The molecule has 0 aliphatic carbocycles. The smallest absolute Gasteiger partial charge is 0.309 e. The Morgan fingerprint density at radius 3 is 2.36 bits per heavy atom. The van der Waals surface area contributed by atoms with Gasteiger partial charge in [-0.1, -0.05) is 18.2 Å². The molecule has 2 aromatic rings. The van der Waals surface area contributed by atoms with Crippen LogP contribution in [-0.2, 0) is 22.4 Å². The van der Waals surface area contributed by atoms with E-state index in [-0.39, 0.29) is 23.6 Å². The molecular weight excluding hydrogens is 320 g/mol. The minimum Gasteiger partial charge on any atom is -0.508 e. The molecule has 5 nitrogen and oxygen atoms in total. The highest BCUT2D eigenvalue weighted by Crippen LogP contribution is 2.33. The lowest BCUT2D eigenvalue weighted by Gasteiger charge is -2.16. The lowest BCUT2D eigenvalue weighted by molar-refractivity contribution is -0.141. The van der Waals surface area contributed by atoms with Gasteiger partial charge in [0.2, 0.25) is 0 Å². The number of ether oxygens (including phenoxy) is 3. The molecule has 25 heavy (non-hydrogen) atoms. The molecule has 1 saturated heterocycles. The highest BCUT2D eigenvalue weighted by Gasteiger charge is 2.36. The summed E-state index contributed by atoms with van der Waals surface area (Å²) in [5.74, 6) is 1.36. The molecule has 0 aromatic heterocycles. The Kier molecular flexibility index (Phi) is 5.12. The van der Waals surface area contributed by atoms with Crippen LogP contribution in [-0.4, -0.2) is 31.9 Å². The first-order valence-electron chi connectivity index (χ1n) is 8.26. The fourth-order valence-electron chi connectivity index (χ4n) is 3.25. The molecule has 0 bridgehead atoms. The van der Waals surface area contributed by atoms with Gasteiger partial charge in [0, 0.05) is 5.92 Å². The molecule has 1 aliphatic rings. The Balaban J connectivity index is 1.74. The molecule has 5 heteroatoms. The number of carbonyl (C=O) groups excluding carboxylic acids is 1. The molecule has 0 spiro atoms. The third kappa shape index (κ3) is 3.87. The van der Waals surface area contributed by atoms with Crippen LogP contribution >= 0.6 is 0 Å². The van der Waals surface area contributed by atoms with Crippen LogP contribution in [0.2, 0.25) is 0 Å². The fraction of sp³-hybridized carbons (Fsp3) is 0.350. The van der Waals surface area contributed by atoms with Gasteiger partial charge in [0.15, 0.2) is 11.5 Å². The number of cyclic esters (lactones) is 1. The standard InChI is InChI=1S/C20H22O5/c1-23-18-8-5-14(11-19(18)24-2)9-15-12-25-20(22)17(15)10-13-3-6-16(21)7-4-13/h3-8,11,15,17,21H,9-10,12H2,1-2H3/t15-,17+/m1/s1. The number of rotatable bonds is 6. The molecule has 1 N–H and O–H groups in total. The first-order valence-corrected chi connectivity index (χ1v) is 8.26. The lowest BCUT2D eigenvalue weighted by Crippen LogP contribution is -2.20. The van der Waals surface area contributed by atoms with Crippen LogP contribution in [0.5, 0.6) is 17.2 Å². The second-order valence-electron chi connectivity index (χ2n) is 6.26. The maximum atomic E-state index is 12.2. The van der Waals surface area contributed by atoms with Crippen LogP contribution in [0.25, 0.3) is 0 Å². The molecule has 0 radical (unpaired) electrons. The topological polar surface area (TPSA) is 65.0 Å². The van der Waals surface area contributed by atoms with E-state index in [1.165, 1.54) is 0 Å².